The molecule has 0 bridgehead atoms. The van der Waals surface area contributed by atoms with Gasteiger partial charge < -0.3 is 42.7 Å². The number of carbonyl (C=O) groups is 7. The molecule has 0 spiro atoms. The van der Waals surface area contributed by atoms with Crippen molar-refractivity contribution in [3.05, 3.63) is 0 Å². The molecule has 10 N–H and O–H groups in total. The van der Waals surface area contributed by atoms with Gasteiger partial charge >= 0.3 is 17.9 Å². The molecule has 15 nitrogen and oxygen atoms in total. The molecule has 0 aliphatic rings. The Hall–Kier alpha value is -3.75. The van der Waals surface area contributed by atoms with Crippen LogP contribution < -0.4 is 27.4 Å². The summed E-state index contributed by atoms with van der Waals surface area (Å²) in [5.41, 5.74) is 10.9. The fraction of sp³-hybridized carbons (Fsp3) is 0.650. The quantitative estimate of drug-likeness (QED) is 0.103. The van der Waals surface area contributed by atoms with Crippen LogP contribution in [0.1, 0.15) is 52.4 Å². The van der Waals surface area contributed by atoms with Crippen LogP contribution in [0.15, 0.2) is 0 Å². The zero-order valence-electron chi connectivity index (χ0n) is 19.5. The summed E-state index contributed by atoms with van der Waals surface area (Å²) in [7, 11) is 0. The lowest BCUT2D eigenvalue weighted by atomic mass is 9.98. The second kappa shape index (κ2) is 15.2. The Balaban J connectivity index is 5.69. The van der Waals surface area contributed by atoms with E-state index in [-0.39, 0.29) is 18.8 Å². The average molecular weight is 504 g/mol. The van der Waals surface area contributed by atoms with E-state index in [0.29, 0.717) is 6.42 Å². The molecule has 0 fully saturated rings. The molecule has 198 valence electrons. The van der Waals surface area contributed by atoms with Crippen molar-refractivity contribution >= 4 is 41.5 Å². The van der Waals surface area contributed by atoms with Crippen LogP contribution in [0.25, 0.3) is 0 Å². The highest BCUT2D eigenvalue weighted by Gasteiger charge is 2.32. The maximum absolute atomic E-state index is 12.8. The lowest BCUT2D eigenvalue weighted by Gasteiger charge is -2.25. The van der Waals surface area contributed by atoms with Crippen molar-refractivity contribution in [1.82, 2.24) is 16.0 Å². The molecule has 0 saturated carbocycles. The lowest BCUT2D eigenvalue weighted by Crippen LogP contribution is -2.57. The first-order valence-electron chi connectivity index (χ1n) is 10.8. The van der Waals surface area contributed by atoms with Crippen molar-refractivity contribution in [2.24, 2.45) is 17.4 Å². The van der Waals surface area contributed by atoms with E-state index in [4.69, 9.17) is 26.8 Å². The first kappa shape index (κ1) is 31.2. The number of nitrogens with one attached hydrogen (secondary N) is 3. The Morgan fingerprint density at radius 1 is 0.743 bits per heavy atom. The Bertz CT molecular complexity index is 818. The third-order valence-electron chi connectivity index (χ3n) is 5.15. The predicted octanol–water partition coefficient (Wildman–Crippen LogP) is -2.50. The fourth-order valence-electron chi connectivity index (χ4n) is 2.79. The number of rotatable bonds is 17. The van der Waals surface area contributed by atoms with Crippen LogP contribution in [-0.2, 0) is 33.6 Å². The highest BCUT2D eigenvalue weighted by Crippen LogP contribution is 2.08. The van der Waals surface area contributed by atoms with Crippen LogP contribution >= 0.6 is 0 Å². The number of nitrogens with two attached hydrogens (primary N) is 2. The van der Waals surface area contributed by atoms with Gasteiger partial charge in [0, 0.05) is 12.8 Å². The van der Waals surface area contributed by atoms with E-state index < -0.39 is 85.0 Å². The normalized spacial score (nSPS) is 14.9. The zero-order chi connectivity index (χ0) is 27.3. The first-order chi connectivity index (χ1) is 16.2. The number of aliphatic carboxylic acids is 3. The van der Waals surface area contributed by atoms with Gasteiger partial charge in [-0.2, -0.15) is 0 Å². The summed E-state index contributed by atoms with van der Waals surface area (Å²) in [5, 5.41) is 33.5. The maximum Gasteiger partial charge on any atom is 0.326 e. The minimum absolute atomic E-state index is 0.255. The van der Waals surface area contributed by atoms with Crippen molar-refractivity contribution in [2.75, 3.05) is 0 Å². The molecule has 0 aliphatic heterocycles. The highest BCUT2D eigenvalue weighted by atomic mass is 16.4. The van der Waals surface area contributed by atoms with Crippen LogP contribution in [0.2, 0.25) is 0 Å². The summed E-state index contributed by atoms with van der Waals surface area (Å²) in [6.07, 6.45) is -2.06. The molecule has 0 heterocycles. The van der Waals surface area contributed by atoms with E-state index in [1.54, 1.807) is 13.8 Å². The number of carboxylic acid groups (broad SMARTS) is 3. The third kappa shape index (κ3) is 12.3. The topological polar surface area (TPSA) is 268 Å². The van der Waals surface area contributed by atoms with Gasteiger partial charge in [0.1, 0.15) is 18.1 Å². The highest BCUT2D eigenvalue weighted by molar-refractivity contribution is 5.95. The number of hydrogen-bond acceptors (Lipinski definition) is 8. The molecule has 0 saturated heterocycles. The second-order valence-electron chi connectivity index (χ2n) is 7.97. The summed E-state index contributed by atoms with van der Waals surface area (Å²) in [4.78, 5) is 82.2. The van der Waals surface area contributed by atoms with Gasteiger partial charge in [0.2, 0.25) is 23.6 Å². The molecule has 0 radical (unpaired) electrons. The Morgan fingerprint density at radius 2 is 1.20 bits per heavy atom. The Kier molecular flexibility index (Phi) is 13.6. The fourth-order valence-corrected chi connectivity index (χ4v) is 2.79. The van der Waals surface area contributed by atoms with Crippen molar-refractivity contribution < 1.29 is 48.9 Å². The van der Waals surface area contributed by atoms with Crippen LogP contribution in [0.5, 0.6) is 0 Å². The Morgan fingerprint density at radius 3 is 1.60 bits per heavy atom. The van der Waals surface area contributed by atoms with E-state index in [1.807, 2.05) is 5.32 Å². The smallest absolute Gasteiger partial charge is 0.326 e. The molecule has 15 heteroatoms. The lowest BCUT2D eigenvalue weighted by molar-refractivity contribution is -0.147. The predicted molar refractivity (Wildman–Crippen MR) is 118 cm³/mol. The molecule has 35 heavy (non-hydrogen) atoms. The van der Waals surface area contributed by atoms with E-state index >= 15 is 0 Å². The molecule has 5 unspecified atom stereocenters. The third-order valence-corrected chi connectivity index (χ3v) is 5.15. The molecule has 0 aromatic rings. The van der Waals surface area contributed by atoms with Gasteiger partial charge in [0.05, 0.1) is 12.5 Å². The van der Waals surface area contributed by atoms with Crippen LogP contribution in [0.4, 0.5) is 0 Å². The maximum atomic E-state index is 12.8. The van der Waals surface area contributed by atoms with E-state index in [0.717, 1.165) is 0 Å². The number of hydrogen-bond donors (Lipinski definition) is 8. The molecule has 0 aromatic heterocycles. The summed E-state index contributed by atoms with van der Waals surface area (Å²) >= 11 is 0. The van der Waals surface area contributed by atoms with Gasteiger partial charge in [-0.15, -0.1) is 0 Å². The van der Waals surface area contributed by atoms with Crippen LogP contribution in [0.3, 0.4) is 0 Å². The van der Waals surface area contributed by atoms with Gasteiger partial charge in [0.15, 0.2) is 0 Å². The summed E-state index contributed by atoms with van der Waals surface area (Å²) < 4.78 is 0. The van der Waals surface area contributed by atoms with Crippen molar-refractivity contribution in [1.29, 1.82) is 0 Å². The molecular formula is C20H33N5O10. The summed E-state index contributed by atoms with van der Waals surface area (Å²) in [6.45, 7) is 3.50. The van der Waals surface area contributed by atoms with Gasteiger partial charge in [-0.3, -0.25) is 28.8 Å². The SMILES string of the molecule is CCC(C)C(N)C(=O)NC(CCC(=O)O)C(=O)NC(CCC(N)=O)C(=O)NC(CC(=O)O)C(=O)O. The molecule has 0 aliphatic carbocycles. The van der Waals surface area contributed by atoms with E-state index in [1.165, 1.54) is 0 Å². The standard InChI is InChI=1S/C20H33N5O10/c1-3-9(2)16(22)19(33)24-11(5-7-14(27)28)17(31)23-10(4-6-13(21)26)18(32)25-12(20(34)35)8-15(29)30/h9-12,16H,3-8,22H2,1-2H3,(H2,21,26)(H,23,31)(H,24,33)(H,25,32)(H,27,28)(H,29,30)(H,34,35). The monoisotopic (exact) mass is 503 g/mol. The minimum Gasteiger partial charge on any atom is -0.481 e. The molecular weight excluding hydrogens is 470 g/mol. The molecule has 4 amide bonds. The first-order valence-corrected chi connectivity index (χ1v) is 10.8. The zero-order valence-corrected chi connectivity index (χ0v) is 19.5. The van der Waals surface area contributed by atoms with E-state index in [9.17, 15) is 33.6 Å². The van der Waals surface area contributed by atoms with Gasteiger partial charge in [-0.05, 0) is 18.8 Å². The van der Waals surface area contributed by atoms with Crippen LogP contribution in [0, 0.1) is 5.92 Å². The van der Waals surface area contributed by atoms with Gasteiger partial charge in [0.25, 0.3) is 0 Å². The van der Waals surface area contributed by atoms with Gasteiger partial charge in [-0.1, -0.05) is 20.3 Å². The van der Waals surface area contributed by atoms with Crippen molar-refractivity contribution in [3.63, 3.8) is 0 Å². The van der Waals surface area contributed by atoms with E-state index in [2.05, 4.69) is 10.6 Å². The average Bonchev–Trinajstić information content (AvgIpc) is 2.76. The molecule has 5 atom stereocenters. The minimum atomic E-state index is -1.83. The Labute approximate surface area is 201 Å². The van der Waals surface area contributed by atoms with Crippen molar-refractivity contribution in [2.45, 2.75) is 76.5 Å². The summed E-state index contributed by atoms with van der Waals surface area (Å²) in [5.74, 6) is -8.35. The molecule has 0 rings (SSSR count). The van der Waals surface area contributed by atoms with Crippen LogP contribution in [-0.4, -0.2) is 81.0 Å². The molecule has 0 aromatic carbocycles. The number of carbonyl (C=O) groups excluding carboxylic acids is 4. The number of primary amides is 1. The van der Waals surface area contributed by atoms with Gasteiger partial charge in [-0.25, -0.2) is 4.79 Å². The summed E-state index contributed by atoms with van der Waals surface area (Å²) in [6, 6.07) is -5.80. The largest absolute Gasteiger partial charge is 0.481 e. The number of carboxylic acids is 3. The van der Waals surface area contributed by atoms with Crippen molar-refractivity contribution in [3.8, 4) is 0 Å². The number of amides is 4. The second-order valence-corrected chi connectivity index (χ2v) is 7.97.